The molecule has 0 fully saturated rings. The standard InChI is InChI=1S/C27H20ClNO/c1-27(2)21-7-3-5-9-23(21)29(24-10-6-4-8-22(24)27)18-12-14-25-20(16-18)19-13-11-17(28)15-26(19)30-25/h3-16H,1-2H3. The van der Waals surface area contributed by atoms with E-state index < -0.39 is 0 Å². The molecule has 5 aromatic rings. The van der Waals surface area contributed by atoms with Crippen molar-refractivity contribution in [1.82, 2.24) is 0 Å². The number of hydrogen-bond donors (Lipinski definition) is 0. The summed E-state index contributed by atoms with van der Waals surface area (Å²) in [7, 11) is 0. The second-order valence-electron chi connectivity index (χ2n) is 8.42. The molecule has 0 unspecified atom stereocenters. The van der Waals surface area contributed by atoms with E-state index in [-0.39, 0.29) is 5.41 Å². The third kappa shape index (κ3) is 2.37. The normalized spacial score (nSPS) is 14.7. The molecule has 1 aliphatic rings. The van der Waals surface area contributed by atoms with Crippen molar-refractivity contribution in [2.45, 2.75) is 19.3 Å². The average Bonchev–Trinajstić information content (AvgIpc) is 3.11. The molecule has 6 rings (SSSR count). The first-order chi connectivity index (χ1) is 14.5. The molecule has 146 valence electrons. The van der Waals surface area contributed by atoms with Gasteiger partial charge >= 0.3 is 0 Å². The second kappa shape index (κ2) is 6.13. The van der Waals surface area contributed by atoms with E-state index in [9.17, 15) is 0 Å². The molecular formula is C27H20ClNO. The van der Waals surface area contributed by atoms with Gasteiger partial charge in [-0.25, -0.2) is 0 Å². The smallest absolute Gasteiger partial charge is 0.136 e. The van der Waals surface area contributed by atoms with Gasteiger partial charge in [0.05, 0.1) is 11.4 Å². The molecule has 0 aliphatic carbocycles. The zero-order valence-corrected chi connectivity index (χ0v) is 17.6. The van der Waals surface area contributed by atoms with Gasteiger partial charge in [-0.1, -0.05) is 61.8 Å². The topological polar surface area (TPSA) is 16.4 Å². The first kappa shape index (κ1) is 17.6. The van der Waals surface area contributed by atoms with Crippen LogP contribution in [0.15, 0.2) is 89.3 Å². The Morgan fingerprint density at radius 3 is 2.07 bits per heavy atom. The maximum atomic E-state index is 6.17. The molecule has 4 aromatic carbocycles. The first-order valence-corrected chi connectivity index (χ1v) is 10.5. The minimum Gasteiger partial charge on any atom is -0.456 e. The molecule has 3 heteroatoms. The van der Waals surface area contributed by atoms with Gasteiger partial charge in [-0.2, -0.15) is 0 Å². The summed E-state index contributed by atoms with van der Waals surface area (Å²) in [4.78, 5) is 2.37. The van der Waals surface area contributed by atoms with Gasteiger partial charge in [-0.05, 0) is 53.6 Å². The van der Waals surface area contributed by atoms with Crippen molar-refractivity contribution in [2.24, 2.45) is 0 Å². The van der Waals surface area contributed by atoms with Gasteiger partial charge in [-0.3, -0.25) is 0 Å². The Hall–Kier alpha value is -3.23. The Bertz CT molecular complexity index is 1400. The molecule has 0 saturated carbocycles. The van der Waals surface area contributed by atoms with Crippen molar-refractivity contribution < 1.29 is 4.42 Å². The molecule has 2 nitrogen and oxygen atoms in total. The van der Waals surface area contributed by atoms with Crippen molar-refractivity contribution in [3.05, 3.63) is 101 Å². The van der Waals surface area contributed by atoms with E-state index in [4.69, 9.17) is 16.0 Å². The van der Waals surface area contributed by atoms with E-state index in [1.165, 1.54) is 22.5 Å². The Kier molecular flexibility index (Phi) is 3.60. The van der Waals surface area contributed by atoms with Crippen molar-refractivity contribution >= 4 is 50.6 Å². The van der Waals surface area contributed by atoms with E-state index >= 15 is 0 Å². The number of benzene rings is 4. The van der Waals surface area contributed by atoms with E-state index in [0.29, 0.717) is 5.02 Å². The first-order valence-electron chi connectivity index (χ1n) is 10.1. The SMILES string of the molecule is CC1(C)c2ccccc2N(c2ccc3oc4cc(Cl)ccc4c3c2)c2ccccc21. The Balaban J connectivity index is 1.64. The summed E-state index contributed by atoms with van der Waals surface area (Å²) in [5, 5.41) is 2.86. The Labute approximate surface area is 180 Å². The molecule has 0 spiro atoms. The summed E-state index contributed by atoms with van der Waals surface area (Å²) in [5.41, 5.74) is 7.83. The minimum atomic E-state index is -0.0626. The van der Waals surface area contributed by atoms with Crippen molar-refractivity contribution in [1.29, 1.82) is 0 Å². The highest BCUT2D eigenvalue weighted by molar-refractivity contribution is 6.31. The maximum absolute atomic E-state index is 6.17. The van der Waals surface area contributed by atoms with Crippen LogP contribution in [0.1, 0.15) is 25.0 Å². The van der Waals surface area contributed by atoms with Crippen LogP contribution in [0.25, 0.3) is 21.9 Å². The molecule has 2 heterocycles. The number of fused-ring (bicyclic) bond motifs is 5. The van der Waals surface area contributed by atoms with Crippen molar-refractivity contribution in [3.8, 4) is 0 Å². The fourth-order valence-corrected chi connectivity index (χ4v) is 4.99. The number of nitrogens with zero attached hydrogens (tertiary/aromatic N) is 1. The van der Waals surface area contributed by atoms with E-state index in [0.717, 1.165) is 27.6 Å². The summed E-state index contributed by atoms with van der Waals surface area (Å²) in [6.07, 6.45) is 0. The summed E-state index contributed by atoms with van der Waals surface area (Å²) in [6.45, 7) is 4.61. The molecule has 0 amide bonds. The van der Waals surface area contributed by atoms with E-state index in [1.807, 2.05) is 18.2 Å². The van der Waals surface area contributed by atoms with Crippen LogP contribution in [0.3, 0.4) is 0 Å². The summed E-state index contributed by atoms with van der Waals surface area (Å²) in [6, 6.07) is 29.6. The van der Waals surface area contributed by atoms with Crippen LogP contribution in [-0.4, -0.2) is 0 Å². The van der Waals surface area contributed by atoms with Crippen LogP contribution in [0, 0.1) is 0 Å². The van der Waals surface area contributed by atoms with Crippen LogP contribution >= 0.6 is 11.6 Å². The Morgan fingerprint density at radius 1 is 0.700 bits per heavy atom. The highest BCUT2D eigenvalue weighted by Gasteiger charge is 2.36. The third-order valence-electron chi connectivity index (χ3n) is 6.31. The van der Waals surface area contributed by atoms with E-state index in [1.54, 1.807) is 0 Å². The largest absolute Gasteiger partial charge is 0.456 e. The van der Waals surface area contributed by atoms with Gasteiger partial charge in [0.25, 0.3) is 0 Å². The monoisotopic (exact) mass is 409 g/mol. The van der Waals surface area contributed by atoms with Crippen LogP contribution in [0.4, 0.5) is 17.1 Å². The number of furan rings is 1. The average molecular weight is 410 g/mol. The van der Waals surface area contributed by atoms with Crippen molar-refractivity contribution in [3.63, 3.8) is 0 Å². The lowest BCUT2D eigenvalue weighted by atomic mass is 9.73. The molecule has 0 atom stereocenters. The van der Waals surface area contributed by atoms with Crippen molar-refractivity contribution in [2.75, 3.05) is 4.90 Å². The molecule has 1 aliphatic heterocycles. The lowest BCUT2D eigenvalue weighted by Crippen LogP contribution is -2.30. The lowest BCUT2D eigenvalue weighted by Gasteiger charge is -2.42. The minimum absolute atomic E-state index is 0.0626. The third-order valence-corrected chi connectivity index (χ3v) is 6.55. The quantitative estimate of drug-likeness (QED) is 0.276. The van der Waals surface area contributed by atoms with Gasteiger partial charge < -0.3 is 9.32 Å². The number of para-hydroxylation sites is 2. The lowest BCUT2D eigenvalue weighted by molar-refractivity contribution is 0.632. The predicted molar refractivity (Wildman–Crippen MR) is 126 cm³/mol. The molecule has 0 N–H and O–H groups in total. The highest BCUT2D eigenvalue weighted by atomic mass is 35.5. The Morgan fingerprint density at radius 2 is 1.37 bits per heavy atom. The zero-order valence-electron chi connectivity index (χ0n) is 16.8. The molecule has 30 heavy (non-hydrogen) atoms. The molecule has 0 saturated heterocycles. The molecule has 1 aromatic heterocycles. The number of anilines is 3. The number of rotatable bonds is 1. The predicted octanol–water partition coefficient (Wildman–Crippen LogP) is 8.35. The van der Waals surface area contributed by atoms with Gasteiger partial charge in [0.1, 0.15) is 11.2 Å². The fourth-order valence-electron chi connectivity index (χ4n) is 4.83. The van der Waals surface area contributed by atoms with E-state index in [2.05, 4.69) is 85.5 Å². The van der Waals surface area contributed by atoms with Crippen LogP contribution in [0.2, 0.25) is 5.02 Å². The van der Waals surface area contributed by atoms with Crippen LogP contribution in [-0.2, 0) is 5.41 Å². The van der Waals surface area contributed by atoms with Gasteiger partial charge in [0, 0.05) is 33.0 Å². The number of halogens is 1. The summed E-state index contributed by atoms with van der Waals surface area (Å²) >= 11 is 6.17. The van der Waals surface area contributed by atoms with Gasteiger partial charge in [0.15, 0.2) is 0 Å². The molecule has 0 radical (unpaired) electrons. The highest BCUT2D eigenvalue weighted by Crippen LogP contribution is 2.52. The van der Waals surface area contributed by atoms with Crippen LogP contribution in [0.5, 0.6) is 0 Å². The maximum Gasteiger partial charge on any atom is 0.136 e. The van der Waals surface area contributed by atoms with Crippen LogP contribution < -0.4 is 4.90 Å². The molecular weight excluding hydrogens is 390 g/mol. The van der Waals surface area contributed by atoms with Gasteiger partial charge in [-0.15, -0.1) is 0 Å². The summed E-state index contributed by atoms with van der Waals surface area (Å²) < 4.78 is 6.04. The molecule has 0 bridgehead atoms. The number of hydrogen-bond acceptors (Lipinski definition) is 2. The van der Waals surface area contributed by atoms with Gasteiger partial charge in [0.2, 0.25) is 0 Å². The summed E-state index contributed by atoms with van der Waals surface area (Å²) in [5.74, 6) is 0. The zero-order chi connectivity index (χ0) is 20.5. The fraction of sp³-hybridized carbons (Fsp3) is 0.111. The second-order valence-corrected chi connectivity index (χ2v) is 8.85.